The van der Waals surface area contributed by atoms with E-state index in [1.807, 2.05) is 6.26 Å². The topological polar surface area (TPSA) is 64.7 Å². The summed E-state index contributed by atoms with van der Waals surface area (Å²) in [6, 6.07) is 6.17. The van der Waals surface area contributed by atoms with E-state index in [2.05, 4.69) is 9.99 Å². The van der Waals surface area contributed by atoms with E-state index < -0.39 is 4.92 Å². The molecule has 1 rings (SSSR count). The van der Waals surface area contributed by atoms with Crippen molar-refractivity contribution in [1.29, 1.82) is 0 Å². The highest BCUT2D eigenvalue weighted by Crippen LogP contribution is 2.16. The van der Waals surface area contributed by atoms with Gasteiger partial charge >= 0.3 is 0 Å². The molecule has 0 aliphatic heterocycles. The minimum absolute atomic E-state index is 0.0663. The number of thioether (sulfide) groups is 1. The summed E-state index contributed by atoms with van der Waals surface area (Å²) in [6.07, 6.45) is 1.86. The predicted molar refractivity (Wildman–Crippen MR) is 60.2 cm³/mol. The highest BCUT2D eigenvalue weighted by atomic mass is 32.2. The lowest BCUT2D eigenvalue weighted by atomic mass is 10.2. The van der Waals surface area contributed by atoms with Crippen LogP contribution < -0.4 is 0 Å². The zero-order valence-electron chi connectivity index (χ0n) is 8.34. The number of nitro groups is 1. The van der Waals surface area contributed by atoms with Gasteiger partial charge in [0.1, 0.15) is 12.2 Å². The van der Waals surface area contributed by atoms with Crippen LogP contribution in [0.1, 0.15) is 5.56 Å². The predicted octanol–water partition coefficient (Wildman–Crippen LogP) is 2.27. The summed E-state index contributed by atoms with van der Waals surface area (Å²) in [5, 5.41) is 14.9. The van der Waals surface area contributed by atoms with E-state index in [1.54, 1.807) is 12.1 Å². The Kier molecular flexibility index (Phi) is 4.11. The first-order valence-electron chi connectivity index (χ1n) is 4.09. The fourth-order valence-electron chi connectivity index (χ4n) is 1.02. The van der Waals surface area contributed by atoms with Crippen LogP contribution in [0.4, 0.5) is 5.69 Å². The first kappa shape index (κ1) is 11.5. The molecule has 1 aromatic rings. The molecule has 0 fully saturated rings. The molecular weight excluding hydrogens is 216 g/mol. The molecule has 0 aliphatic rings. The molecule has 0 radical (unpaired) electrons. The lowest BCUT2D eigenvalue weighted by molar-refractivity contribution is -0.384. The standard InChI is InChI=1S/C9H10N2O3S/c1-14-10-9(15-2)7-3-5-8(6-4-7)11(12)13/h3-6H,1-2H3. The monoisotopic (exact) mass is 226 g/mol. The first-order chi connectivity index (χ1) is 7.19. The number of nitro benzene ring substituents is 1. The summed E-state index contributed by atoms with van der Waals surface area (Å²) in [5.41, 5.74) is 0.867. The Bertz CT molecular complexity index is 375. The van der Waals surface area contributed by atoms with Crippen LogP contribution in [0.5, 0.6) is 0 Å². The van der Waals surface area contributed by atoms with E-state index in [0.29, 0.717) is 5.04 Å². The van der Waals surface area contributed by atoms with Crippen LogP contribution in [0, 0.1) is 10.1 Å². The van der Waals surface area contributed by atoms with Crippen molar-refractivity contribution in [3.05, 3.63) is 39.9 Å². The summed E-state index contributed by atoms with van der Waals surface area (Å²) in [6.45, 7) is 0. The van der Waals surface area contributed by atoms with E-state index in [0.717, 1.165) is 5.56 Å². The second kappa shape index (κ2) is 5.35. The molecule has 0 unspecified atom stereocenters. The van der Waals surface area contributed by atoms with Gasteiger partial charge in [0.2, 0.25) is 0 Å². The average Bonchev–Trinajstić information content (AvgIpc) is 2.26. The van der Waals surface area contributed by atoms with Gasteiger partial charge in [-0.05, 0) is 18.4 Å². The Hall–Kier alpha value is -1.56. The number of benzene rings is 1. The number of nitrogens with zero attached hydrogens (tertiary/aromatic N) is 2. The summed E-state index contributed by atoms with van der Waals surface area (Å²) in [7, 11) is 1.46. The molecular formula is C9H10N2O3S. The Labute approximate surface area is 91.3 Å². The fourth-order valence-corrected chi connectivity index (χ4v) is 1.54. The van der Waals surface area contributed by atoms with Gasteiger partial charge in [0.25, 0.3) is 5.69 Å². The SMILES string of the molecule is CON=C(SC)c1ccc([N+](=O)[O-])cc1. The summed E-state index contributed by atoms with van der Waals surface area (Å²) in [5.74, 6) is 0. The van der Waals surface area contributed by atoms with Crippen LogP contribution >= 0.6 is 11.8 Å². The molecule has 1 aromatic carbocycles. The van der Waals surface area contributed by atoms with E-state index in [9.17, 15) is 10.1 Å². The maximum Gasteiger partial charge on any atom is 0.269 e. The van der Waals surface area contributed by atoms with Gasteiger partial charge in [0.05, 0.1) is 4.92 Å². The van der Waals surface area contributed by atoms with E-state index in [1.165, 1.54) is 31.0 Å². The van der Waals surface area contributed by atoms with Gasteiger partial charge in [-0.1, -0.05) is 5.16 Å². The van der Waals surface area contributed by atoms with Crippen molar-refractivity contribution in [3.8, 4) is 0 Å². The molecule has 0 amide bonds. The molecule has 5 nitrogen and oxygen atoms in total. The Morgan fingerprint density at radius 3 is 2.47 bits per heavy atom. The molecule has 0 saturated carbocycles. The zero-order chi connectivity index (χ0) is 11.3. The second-order valence-corrected chi connectivity index (χ2v) is 3.38. The number of oxime groups is 1. The summed E-state index contributed by atoms with van der Waals surface area (Å²) < 4.78 is 0. The molecule has 0 N–H and O–H groups in total. The van der Waals surface area contributed by atoms with Crippen LogP contribution in [0.15, 0.2) is 29.4 Å². The van der Waals surface area contributed by atoms with Crippen LogP contribution in [0.3, 0.4) is 0 Å². The third-order valence-corrected chi connectivity index (χ3v) is 2.39. The second-order valence-electron chi connectivity index (χ2n) is 2.59. The molecule has 15 heavy (non-hydrogen) atoms. The van der Waals surface area contributed by atoms with Gasteiger partial charge in [0, 0.05) is 17.7 Å². The minimum Gasteiger partial charge on any atom is -0.398 e. The van der Waals surface area contributed by atoms with Crippen LogP contribution in [0.2, 0.25) is 0 Å². The maximum absolute atomic E-state index is 10.4. The van der Waals surface area contributed by atoms with Gasteiger partial charge in [-0.25, -0.2) is 0 Å². The van der Waals surface area contributed by atoms with Crippen LogP contribution in [-0.2, 0) is 4.84 Å². The van der Waals surface area contributed by atoms with Crippen molar-refractivity contribution in [2.24, 2.45) is 5.16 Å². The van der Waals surface area contributed by atoms with Gasteiger partial charge in [0.15, 0.2) is 0 Å². The minimum atomic E-state index is -0.435. The molecule has 6 heteroatoms. The maximum atomic E-state index is 10.4. The van der Waals surface area contributed by atoms with Gasteiger partial charge < -0.3 is 4.84 Å². The van der Waals surface area contributed by atoms with E-state index in [4.69, 9.17) is 0 Å². The smallest absolute Gasteiger partial charge is 0.269 e. The Balaban J connectivity index is 2.97. The average molecular weight is 226 g/mol. The number of non-ortho nitro benzene ring substituents is 1. The molecule has 0 heterocycles. The van der Waals surface area contributed by atoms with Gasteiger partial charge in [-0.2, -0.15) is 0 Å². The van der Waals surface area contributed by atoms with Gasteiger partial charge in [-0.15, -0.1) is 11.8 Å². The highest BCUT2D eigenvalue weighted by Gasteiger charge is 2.07. The van der Waals surface area contributed by atoms with E-state index in [-0.39, 0.29) is 5.69 Å². The molecule has 80 valence electrons. The lowest BCUT2D eigenvalue weighted by Crippen LogP contribution is -1.96. The summed E-state index contributed by atoms with van der Waals surface area (Å²) in [4.78, 5) is 14.6. The van der Waals surface area contributed by atoms with Crippen molar-refractivity contribution >= 4 is 22.5 Å². The largest absolute Gasteiger partial charge is 0.398 e. The van der Waals surface area contributed by atoms with Crippen molar-refractivity contribution in [1.82, 2.24) is 0 Å². The molecule has 0 saturated heterocycles. The normalized spacial score (nSPS) is 11.2. The summed E-state index contributed by atoms with van der Waals surface area (Å²) >= 11 is 1.42. The van der Waals surface area contributed by atoms with Crippen LogP contribution in [0.25, 0.3) is 0 Å². The number of hydrogen-bond acceptors (Lipinski definition) is 5. The number of hydrogen-bond donors (Lipinski definition) is 0. The number of rotatable bonds is 3. The molecule has 0 bridgehead atoms. The fraction of sp³-hybridized carbons (Fsp3) is 0.222. The van der Waals surface area contributed by atoms with Gasteiger partial charge in [-0.3, -0.25) is 10.1 Å². The van der Waals surface area contributed by atoms with E-state index >= 15 is 0 Å². The zero-order valence-corrected chi connectivity index (χ0v) is 9.15. The highest BCUT2D eigenvalue weighted by molar-refractivity contribution is 8.13. The Morgan fingerprint density at radius 1 is 1.47 bits per heavy atom. The molecule has 0 aromatic heterocycles. The molecule has 0 spiro atoms. The lowest BCUT2D eigenvalue weighted by Gasteiger charge is -2.01. The molecule has 0 atom stereocenters. The van der Waals surface area contributed by atoms with Crippen molar-refractivity contribution in [2.75, 3.05) is 13.4 Å². The molecule has 0 aliphatic carbocycles. The van der Waals surface area contributed by atoms with Crippen molar-refractivity contribution < 1.29 is 9.76 Å². The van der Waals surface area contributed by atoms with Crippen LogP contribution in [-0.4, -0.2) is 23.3 Å². The van der Waals surface area contributed by atoms with Crippen molar-refractivity contribution in [3.63, 3.8) is 0 Å². The third-order valence-electron chi connectivity index (χ3n) is 1.69. The third kappa shape index (κ3) is 2.95. The first-order valence-corrected chi connectivity index (χ1v) is 5.31. The van der Waals surface area contributed by atoms with Crippen molar-refractivity contribution in [2.45, 2.75) is 0 Å². The Morgan fingerprint density at radius 2 is 2.07 bits per heavy atom. The quantitative estimate of drug-likeness (QED) is 0.343.